The Kier molecular flexibility index (Phi) is 3.61. The smallest absolute Gasteiger partial charge is 0.335 e. The van der Waals surface area contributed by atoms with Gasteiger partial charge in [-0.15, -0.1) is 0 Å². The Labute approximate surface area is 119 Å². The van der Waals surface area contributed by atoms with Gasteiger partial charge in [-0.05, 0) is 38.4 Å². The van der Waals surface area contributed by atoms with E-state index in [9.17, 15) is 4.79 Å². The number of carbonyl (C=O) groups is 1. The van der Waals surface area contributed by atoms with Gasteiger partial charge in [-0.2, -0.15) is 0 Å². The van der Waals surface area contributed by atoms with Gasteiger partial charge < -0.3 is 10.0 Å². The monoisotopic (exact) mass is 275 g/mol. The molecule has 2 aliphatic rings. The van der Waals surface area contributed by atoms with Crippen LogP contribution in [0.25, 0.3) is 0 Å². The lowest BCUT2D eigenvalue weighted by Gasteiger charge is -2.48. The molecule has 0 spiro atoms. The van der Waals surface area contributed by atoms with Gasteiger partial charge >= 0.3 is 5.97 Å². The molecule has 2 unspecified atom stereocenters. The van der Waals surface area contributed by atoms with Crippen LogP contribution in [0.3, 0.4) is 0 Å². The van der Waals surface area contributed by atoms with E-state index in [1.54, 1.807) is 18.3 Å². The molecule has 20 heavy (non-hydrogen) atoms. The number of piperazine rings is 1. The first-order valence-corrected chi connectivity index (χ1v) is 7.35. The van der Waals surface area contributed by atoms with Gasteiger partial charge in [0.05, 0.1) is 5.56 Å². The summed E-state index contributed by atoms with van der Waals surface area (Å²) in [6.45, 7) is 5.40. The maximum absolute atomic E-state index is 11.1. The van der Waals surface area contributed by atoms with E-state index >= 15 is 0 Å². The van der Waals surface area contributed by atoms with Crippen molar-refractivity contribution < 1.29 is 9.90 Å². The van der Waals surface area contributed by atoms with E-state index in [0.717, 1.165) is 18.9 Å². The van der Waals surface area contributed by atoms with Crippen molar-refractivity contribution >= 4 is 11.8 Å². The minimum absolute atomic E-state index is 0.313. The second-order valence-electron chi connectivity index (χ2n) is 5.85. The summed E-state index contributed by atoms with van der Waals surface area (Å²) < 4.78 is 0. The zero-order valence-corrected chi connectivity index (χ0v) is 11.8. The first-order valence-electron chi connectivity index (χ1n) is 7.35. The number of piperidine rings is 1. The molecule has 108 valence electrons. The van der Waals surface area contributed by atoms with Gasteiger partial charge in [-0.1, -0.05) is 6.42 Å². The molecule has 2 saturated heterocycles. The Morgan fingerprint density at radius 3 is 3.05 bits per heavy atom. The van der Waals surface area contributed by atoms with Crippen LogP contribution in [0, 0.1) is 0 Å². The normalized spacial score (nSPS) is 27.1. The van der Waals surface area contributed by atoms with Crippen molar-refractivity contribution in [3.8, 4) is 0 Å². The average molecular weight is 275 g/mol. The van der Waals surface area contributed by atoms with Crippen LogP contribution in [-0.4, -0.2) is 52.7 Å². The van der Waals surface area contributed by atoms with Crippen LogP contribution in [-0.2, 0) is 0 Å². The van der Waals surface area contributed by atoms with Crippen LogP contribution in [0.15, 0.2) is 18.3 Å². The fraction of sp³-hybridized carbons (Fsp3) is 0.600. The van der Waals surface area contributed by atoms with Crippen LogP contribution >= 0.6 is 0 Å². The summed E-state index contributed by atoms with van der Waals surface area (Å²) in [5, 5.41) is 9.11. The maximum Gasteiger partial charge on any atom is 0.335 e. The highest BCUT2D eigenvalue weighted by molar-refractivity contribution is 5.88. The molecule has 1 N–H and O–H groups in total. The number of rotatable bonds is 2. The van der Waals surface area contributed by atoms with E-state index in [1.165, 1.54) is 25.8 Å². The summed E-state index contributed by atoms with van der Waals surface area (Å²) in [5.74, 6) is -0.0970. The second-order valence-corrected chi connectivity index (χ2v) is 5.85. The van der Waals surface area contributed by atoms with E-state index in [0.29, 0.717) is 17.6 Å². The number of pyridine rings is 1. The van der Waals surface area contributed by atoms with Crippen molar-refractivity contribution in [2.75, 3.05) is 24.5 Å². The Morgan fingerprint density at radius 1 is 1.40 bits per heavy atom. The molecule has 2 fully saturated rings. The highest BCUT2D eigenvalue weighted by atomic mass is 16.4. The molecular weight excluding hydrogens is 254 g/mol. The predicted octanol–water partition coefficient (Wildman–Crippen LogP) is 1.84. The first kappa shape index (κ1) is 13.4. The second kappa shape index (κ2) is 5.40. The van der Waals surface area contributed by atoms with Gasteiger partial charge in [0, 0.05) is 31.4 Å². The number of nitrogens with zero attached hydrogens (tertiary/aromatic N) is 3. The molecule has 3 heterocycles. The van der Waals surface area contributed by atoms with Crippen molar-refractivity contribution in [3.63, 3.8) is 0 Å². The molecule has 0 radical (unpaired) electrons. The van der Waals surface area contributed by atoms with E-state index < -0.39 is 5.97 Å². The third-order valence-corrected chi connectivity index (χ3v) is 4.47. The zero-order valence-electron chi connectivity index (χ0n) is 11.8. The molecule has 0 bridgehead atoms. The molecule has 0 amide bonds. The fourth-order valence-electron chi connectivity index (χ4n) is 3.38. The number of hydrogen-bond acceptors (Lipinski definition) is 4. The summed E-state index contributed by atoms with van der Waals surface area (Å²) in [6.07, 6.45) is 5.43. The number of fused-ring (bicyclic) bond motifs is 1. The van der Waals surface area contributed by atoms with Crippen molar-refractivity contribution in [1.82, 2.24) is 9.88 Å². The van der Waals surface area contributed by atoms with E-state index in [-0.39, 0.29) is 0 Å². The summed E-state index contributed by atoms with van der Waals surface area (Å²) in [5.41, 5.74) is 0.313. The quantitative estimate of drug-likeness (QED) is 0.892. The average Bonchev–Trinajstić information content (AvgIpc) is 2.46. The Morgan fingerprint density at radius 2 is 2.25 bits per heavy atom. The third-order valence-electron chi connectivity index (χ3n) is 4.47. The van der Waals surface area contributed by atoms with Crippen LogP contribution in [0.1, 0.15) is 36.5 Å². The number of carboxylic acids is 1. The van der Waals surface area contributed by atoms with E-state index in [1.807, 2.05) is 0 Å². The number of aromatic carboxylic acids is 1. The highest BCUT2D eigenvalue weighted by Gasteiger charge is 2.33. The van der Waals surface area contributed by atoms with Gasteiger partial charge in [0.1, 0.15) is 5.82 Å². The Bertz CT molecular complexity index is 506. The lowest BCUT2D eigenvalue weighted by atomic mass is 9.97. The number of anilines is 1. The van der Waals surface area contributed by atoms with Crippen LogP contribution in [0.5, 0.6) is 0 Å². The van der Waals surface area contributed by atoms with Crippen molar-refractivity contribution in [2.45, 2.75) is 38.3 Å². The highest BCUT2D eigenvalue weighted by Crippen LogP contribution is 2.27. The number of carboxylic acid groups (broad SMARTS) is 1. The SMILES string of the molecule is CC1CN2CCCCC2CN1c1cc(C(=O)O)ccn1. The lowest BCUT2D eigenvalue weighted by Crippen LogP contribution is -2.59. The molecule has 0 aromatic carbocycles. The molecule has 1 aromatic heterocycles. The maximum atomic E-state index is 11.1. The molecule has 0 aliphatic carbocycles. The summed E-state index contributed by atoms with van der Waals surface area (Å²) in [7, 11) is 0. The Hall–Kier alpha value is -1.62. The van der Waals surface area contributed by atoms with Gasteiger partial charge in [-0.25, -0.2) is 9.78 Å². The summed E-state index contributed by atoms with van der Waals surface area (Å²) in [6, 6.07) is 4.21. The standard InChI is InChI=1S/C15H21N3O2/c1-11-9-17-7-3-2-4-13(17)10-18(11)14-8-12(15(19)20)5-6-16-14/h5-6,8,11,13H,2-4,7,9-10H2,1H3,(H,19,20). The van der Waals surface area contributed by atoms with Crippen LogP contribution in [0.2, 0.25) is 0 Å². The van der Waals surface area contributed by atoms with Gasteiger partial charge in [-0.3, -0.25) is 4.90 Å². The zero-order chi connectivity index (χ0) is 14.1. The molecule has 1 aromatic rings. The summed E-state index contributed by atoms with van der Waals surface area (Å²) in [4.78, 5) is 20.3. The lowest BCUT2D eigenvalue weighted by molar-refractivity contribution is 0.0696. The topological polar surface area (TPSA) is 56.7 Å². The predicted molar refractivity (Wildman–Crippen MR) is 77.2 cm³/mol. The third kappa shape index (κ3) is 2.50. The van der Waals surface area contributed by atoms with Gasteiger partial charge in [0.15, 0.2) is 0 Å². The number of hydrogen-bond donors (Lipinski definition) is 1. The largest absolute Gasteiger partial charge is 0.478 e. The minimum Gasteiger partial charge on any atom is -0.478 e. The fourth-order valence-corrected chi connectivity index (χ4v) is 3.38. The van der Waals surface area contributed by atoms with Crippen molar-refractivity contribution in [2.24, 2.45) is 0 Å². The molecule has 3 rings (SSSR count). The summed E-state index contributed by atoms with van der Waals surface area (Å²) >= 11 is 0. The first-order chi connectivity index (χ1) is 9.65. The van der Waals surface area contributed by atoms with Gasteiger partial charge in [0.2, 0.25) is 0 Å². The van der Waals surface area contributed by atoms with Crippen molar-refractivity contribution in [3.05, 3.63) is 23.9 Å². The van der Waals surface area contributed by atoms with Crippen LogP contribution in [0.4, 0.5) is 5.82 Å². The number of aromatic nitrogens is 1. The van der Waals surface area contributed by atoms with Gasteiger partial charge in [0.25, 0.3) is 0 Å². The molecule has 5 nitrogen and oxygen atoms in total. The molecule has 5 heteroatoms. The van der Waals surface area contributed by atoms with E-state index in [4.69, 9.17) is 5.11 Å². The minimum atomic E-state index is -0.891. The van der Waals surface area contributed by atoms with Crippen molar-refractivity contribution in [1.29, 1.82) is 0 Å². The van der Waals surface area contributed by atoms with Crippen LogP contribution < -0.4 is 4.90 Å². The molecule has 0 saturated carbocycles. The molecular formula is C15H21N3O2. The molecule has 2 atom stereocenters. The molecule has 2 aliphatic heterocycles. The Balaban J connectivity index is 1.82. The van der Waals surface area contributed by atoms with E-state index in [2.05, 4.69) is 21.7 Å².